The lowest BCUT2D eigenvalue weighted by Crippen LogP contribution is -2.51. The van der Waals surface area contributed by atoms with Gasteiger partial charge in [-0.05, 0) is 85.8 Å². The van der Waals surface area contributed by atoms with Gasteiger partial charge in [-0.15, -0.1) is 0 Å². The number of para-hydroxylation sites is 1. The lowest BCUT2D eigenvalue weighted by molar-refractivity contribution is -0.148. The number of aliphatic hydroxyl groups excluding tert-OH is 5. The molecule has 0 aliphatic heterocycles. The number of nitrogens with zero attached hydrogens (tertiary/aromatic N) is 1. The van der Waals surface area contributed by atoms with E-state index in [9.17, 15) is 25.2 Å². The summed E-state index contributed by atoms with van der Waals surface area (Å²) in [6.45, 7) is 4.25. The molecule has 1 aromatic heterocycles. The molecule has 2 aliphatic rings. The lowest BCUT2D eigenvalue weighted by atomic mass is 9.92. The van der Waals surface area contributed by atoms with Crippen molar-refractivity contribution in [2.24, 2.45) is 0 Å². The largest absolute Gasteiger partial charge is 0.490 e. The smallest absolute Gasteiger partial charge is 0.251 e. The van der Waals surface area contributed by atoms with E-state index in [4.69, 9.17) is 14.6 Å². The van der Waals surface area contributed by atoms with Gasteiger partial charge in [0.25, 0.3) is 5.91 Å². The Bertz CT molecular complexity index is 1490. The summed E-state index contributed by atoms with van der Waals surface area (Å²) >= 11 is 0. The van der Waals surface area contributed by atoms with Crippen molar-refractivity contribution in [1.82, 2.24) is 10.3 Å². The zero-order valence-corrected chi connectivity index (χ0v) is 27.2. The number of nitrogens with one attached hydrogen (secondary N) is 1. The summed E-state index contributed by atoms with van der Waals surface area (Å²) in [4.78, 5) is 16.6. The topological polar surface area (TPSA) is 162 Å². The summed E-state index contributed by atoms with van der Waals surface area (Å²) in [5.41, 5.74) is 6.43. The average molecular weight is 649 g/mol. The molecule has 5 rings (SSSR count). The maximum absolute atomic E-state index is 12.2. The molecule has 0 bridgehead atoms. The minimum atomic E-state index is -1.92. The Balaban J connectivity index is 1.14. The van der Waals surface area contributed by atoms with Gasteiger partial charge in [0.2, 0.25) is 0 Å². The number of hydrogen-bond acceptors (Lipinski definition) is 9. The average Bonchev–Trinajstić information content (AvgIpc) is 4.04. The van der Waals surface area contributed by atoms with Crippen LogP contribution in [-0.4, -0.2) is 80.1 Å². The molecule has 6 N–H and O–H groups in total. The Labute approximate surface area is 276 Å². The molecule has 2 saturated carbocycles. The van der Waals surface area contributed by atoms with E-state index in [1.807, 2.05) is 30.6 Å². The van der Waals surface area contributed by atoms with Gasteiger partial charge >= 0.3 is 0 Å². The number of unbranched alkanes of at least 4 members (excludes halogenated alkanes) is 1. The van der Waals surface area contributed by atoms with Crippen LogP contribution >= 0.6 is 0 Å². The molecule has 0 saturated heterocycles. The van der Waals surface area contributed by atoms with Crippen LogP contribution in [0.5, 0.6) is 5.75 Å². The standard InChI is InChI=1S/C37H48N2O8/c1-23(7-5-6-17-39-36(45)35(44)34(43)33(42)31(41)21-40)25-11-10-24(2)26(19-25)22-46-37(15-16-37)30-20-38-18-14-28(30)29-8-3-4-9-32(29)47-27-12-13-27/h3-4,8-11,14,18-20,23,27,31,33-35,40-44H,5-7,12-13,15-17,21-22H2,1-2H3,(H,39,45)/t23?,31-,33+,34-,35-/m0/s1. The zero-order chi connectivity index (χ0) is 33.6. The van der Waals surface area contributed by atoms with Crippen LogP contribution in [0.3, 0.4) is 0 Å². The van der Waals surface area contributed by atoms with Gasteiger partial charge in [0.1, 0.15) is 24.1 Å². The van der Waals surface area contributed by atoms with Crippen molar-refractivity contribution in [3.63, 3.8) is 0 Å². The molecule has 47 heavy (non-hydrogen) atoms. The van der Waals surface area contributed by atoms with Crippen molar-refractivity contribution in [1.29, 1.82) is 0 Å². The molecule has 3 aromatic rings. The number of aliphatic hydroxyl groups is 5. The second-order valence-corrected chi connectivity index (χ2v) is 13.1. The Morgan fingerprint density at radius 3 is 2.51 bits per heavy atom. The molecule has 10 nitrogen and oxygen atoms in total. The van der Waals surface area contributed by atoms with Crippen LogP contribution in [0.25, 0.3) is 11.1 Å². The second-order valence-electron chi connectivity index (χ2n) is 13.1. The van der Waals surface area contributed by atoms with E-state index in [1.165, 1.54) is 11.1 Å². The van der Waals surface area contributed by atoms with E-state index in [2.05, 4.69) is 54.5 Å². The minimum absolute atomic E-state index is 0.273. The van der Waals surface area contributed by atoms with Crippen molar-refractivity contribution in [3.8, 4) is 16.9 Å². The number of pyridine rings is 1. The molecule has 254 valence electrons. The summed E-state index contributed by atoms with van der Waals surface area (Å²) in [6.07, 6.45) is 3.18. The number of aryl methyl sites for hydroxylation is 1. The first kappa shape index (κ1) is 34.9. The number of benzene rings is 2. The number of aromatic nitrogens is 1. The summed E-state index contributed by atoms with van der Waals surface area (Å²) in [7, 11) is 0. The third kappa shape index (κ3) is 8.76. The summed E-state index contributed by atoms with van der Waals surface area (Å²) in [6, 6.07) is 16.8. The van der Waals surface area contributed by atoms with Gasteiger partial charge in [0.05, 0.1) is 24.9 Å². The van der Waals surface area contributed by atoms with Crippen LogP contribution in [0.1, 0.15) is 80.0 Å². The number of rotatable bonds is 18. The van der Waals surface area contributed by atoms with Gasteiger partial charge in [-0.25, -0.2) is 0 Å². The number of ether oxygens (including phenoxy) is 2. The first-order valence-electron chi connectivity index (χ1n) is 16.7. The van der Waals surface area contributed by atoms with E-state index in [1.54, 1.807) is 0 Å². The third-order valence-corrected chi connectivity index (χ3v) is 9.34. The Morgan fingerprint density at radius 2 is 1.79 bits per heavy atom. The fourth-order valence-corrected chi connectivity index (χ4v) is 5.86. The van der Waals surface area contributed by atoms with Crippen molar-refractivity contribution in [2.45, 2.75) is 107 Å². The molecular weight excluding hydrogens is 600 g/mol. The number of carbonyl (C=O) groups is 1. The SMILES string of the molecule is Cc1ccc(C(C)CCCCNC(=O)[C@@H](O)[C@@H](O)[C@H](O)[C@@H](O)CO)cc1COC1(c2cnccc2-c2ccccc2OC2CC2)CC1. The van der Waals surface area contributed by atoms with Gasteiger partial charge in [-0.3, -0.25) is 9.78 Å². The Morgan fingerprint density at radius 1 is 1.02 bits per heavy atom. The molecule has 1 amide bonds. The number of carbonyl (C=O) groups excluding carboxylic acids is 1. The molecule has 2 aromatic carbocycles. The first-order valence-corrected chi connectivity index (χ1v) is 16.7. The van der Waals surface area contributed by atoms with E-state index in [-0.39, 0.29) is 18.1 Å². The van der Waals surface area contributed by atoms with Crippen LogP contribution in [0.2, 0.25) is 0 Å². The highest BCUT2D eigenvalue weighted by Crippen LogP contribution is 2.53. The van der Waals surface area contributed by atoms with Crippen LogP contribution in [0.4, 0.5) is 0 Å². The molecule has 2 fully saturated rings. The predicted octanol–water partition coefficient (Wildman–Crippen LogP) is 3.63. The van der Waals surface area contributed by atoms with Crippen molar-refractivity contribution in [3.05, 3.63) is 83.2 Å². The van der Waals surface area contributed by atoms with Gasteiger partial charge in [0, 0.05) is 30.1 Å². The first-order chi connectivity index (χ1) is 22.6. The van der Waals surface area contributed by atoms with Gasteiger partial charge in [-0.2, -0.15) is 0 Å². The van der Waals surface area contributed by atoms with Crippen LogP contribution in [-0.2, 0) is 21.7 Å². The molecule has 0 spiro atoms. The van der Waals surface area contributed by atoms with E-state index in [0.29, 0.717) is 19.1 Å². The van der Waals surface area contributed by atoms with E-state index >= 15 is 0 Å². The van der Waals surface area contributed by atoms with Crippen molar-refractivity contribution < 1.29 is 39.8 Å². The van der Waals surface area contributed by atoms with Gasteiger partial charge in [-0.1, -0.05) is 49.7 Å². The molecule has 5 atom stereocenters. The zero-order valence-electron chi connectivity index (χ0n) is 27.2. The molecule has 1 unspecified atom stereocenters. The van der Waals surface area contributed by atoms with E-state index < -0.39 is 36.9 Å². The predicted molar refractivity (Wildman–Crippen MR) is 177 cm³/mol. The normalized spacial score (nSPS) is 18.5. The Hall–Kier alpha value is -3.38. The fraction of sp³-hybridized carbons (Fsp3) is 0.514. The number of hydrogen-bond donors (Lipinski definition) is 6. The molecule has 0 radical (unpaired) electrons. The Kier molecular flexibility index (Phi) is 11.7. The van der Waals surface area contributed by atoms with Gasteiger partial charge < -0.3 is 40.3 Å². The summed E-state index contributed by atoms with van der Waals surface area (Å²) in [5.74, 6) is 0.334. The van der Waals surface area contributed by atoms with Crippen molar-refractivity contribution >= 4 is 5.91 Å². The monoisotopic (exact) mass is 648 g/mol. The van der Waals surface area contributed by atoms with Crippen LogP contribution < -0.4 is 10.1 Å². The maximum Gasteiger partial charge on any atom is 0.251 e. The number of amides is 1. The van der Waals surface area contributed by atoms with Crippen LogP contribution in [0.15, 0.2) is 60.9 Å². The molecule has 2 aliphatic carbocycles. The summed E-state index contributed by atoms with van der Waals surface area (Å²) < 4.78 is 13.0. The highest BCUT2D eigenvalue weighted by Gasteiger charge is 2.48. The van der Waals surface area contributed by atoms with Crippen molar-refractivity contribution in [2.75, 3.05) is 13.2 Å². The molecular formula is C37H48N2O8. The maximum atomic E-state index is 12.2. The highest BCUT2D eigenvalue weighted by molar-refractivity contribution is 5.81. The lowest BCUT2D eigenvalue weighted by Gasteiger charge is -2.25. The van der Waals surface area contributed by atoms with Gasteiger partial charge in [0.15, 0.2) is 6.10 Å². The fourth-order valence-electron chi connectivity index (χ4n) is 5.86. The minimum Gasteiger partial charge on any atom is -0.490 e. The van der Waals surface area contributed by atoms with E-state index in [0.717, 1.165) is 66.5 Å². The third-order valence-electron chi connectivity index (χ3n) is 9.34. The summed E-state index contributed by atoms with van der Waals surface area (Å²) in [5, 5.41) is 50.5. The second kappa shape index (κ2) is 15.7. The molecule has 10 heteroatoms. The highest BCUT2D eigenvalue weighted by atomic mass is 16.5. The van der Waals surface area contributed by atoms with Crippen LogP contribution in [0, 0.1) is 6.92 Å². The quantitative estimate of drug-likeness (QED) is 0.113. The molecule has 1 heterocycles.